The quantitative estimate of drug-likeness (QED) is 0.494. The van der Waals surface area contributed by atoms with Crippen LogP contribution >= 0.6 is 0 Å². The molecule has 114 valence electrons. The zero-order chi connectivity index (χ0) is 14.8. The highest BCUT2D eigenvalue weighted by atomic mass is 16.5. The van der Waals surface area contributed by atoms with Gasteiger partial charge >= 0.3 is 0 Å². The van der Waals surface area contributed by atoms with Crippen molar-refractivity contribution in [1.29, 1.82) is 0 Å². The average molecular weight is 279 g/mol. The molecule has 0 heterocycles. The molecule has 0 amide bonds. The number of unbranched alkanes of at least 4 members (excludes halogenated alkanes) is 3. The monoisotopic (exact) mass is 279 g/mol. The number of hydrogen-bond acceptors (Lipinski definition) is 3. The van der Waals surface area contributed by atoms with Crippen LogP contribution < -0.4 is 15.2 Å². The second-order valence-electron chi connectivity index (χ2n) is 5.36. The molecule has 0 aliphatic rings. The van der Waals surface area contributed by atoms with Crippen LogP contribution in [0.1, 0.15) is 59.3 Å². The van der Waals surface area contributed by atoms with Gasteiger partial charge in [0.25, 0.3) is 0 Å². The summed E-state index contributed by atoms with van der Waals surface area (Å²) in [6, 6.07) is 5.63. The van der Waals surface area contributed by atoms with Crippen LogP contribution in [0.4, 0.5) is 5.69 Å². The van der Waals surface area contributed by atoms with Crippen molar-refractivity contribution >= 4 is 5.69 Å². The molecular formula is C17H29NO2. The van der Waals surface area contributed by atoms with Gasteiger partial charge in [0.15, 0.2) is 0 Å². The van der Waals surface area contributed by atoms with E-state index in [0.29, 0.717) is 12.3 Å². The van der Waals surface area contributed by atoms with Gasteiger partial charge in [0.2, 0.25) is 0 Å². The number of nitrogens with two attached hydrogens (primary N) is 1. The van der Waals surface area contributed by atoms with Crippen LogP contribution in [-0.4, -0.2) is 12.7 Å². The molecule has 0 aromatic heterocycles. The summed E-state index contributed by atoms with van der Waals surface area (Å²) in [6.45, 7) is 7.13. The van der Waals surface area contributed by atoms with E-state index in [9.17, 15) is 0 Å². The molecular weight excluding hydrogens is 250 g/mol. The summed E-state index contributed by atoms with van der Waals surface area (Å²) in [5.74, 6) is 1.60. The summed E-state index contributed by atoms with van der Waals surface area (Å²) in [5.41, 5.74) is 6.57. The largest absolute Gasteiger partial charge is 0.493 e. The van der Waals surface area contributed by atoms with Gasteiger partial charge in [-0.25, -0.2) is 0 Å². The molecule has 0 bridgehead atoms. The number of ether oxygens (including phenoxy) is 2. The van der Waals surface area contributed by atoms with Crippen molar-refractivity contribution in [1.82, 2.24) is 0 Å². The predicted octanol–water partition coefficient (Wildman–Crippen LogP) is 4.80. The Balaban J connectivity index is 2.47. The molecule has 1 atom stereocenters. The number of benzene rings is 1. The molecule has 0 radical (unpaired) electrons. The van der Waals surface area contributed by atoms with E-state index in [0.717, 1.165) is 24.3 Å². The minimum absolute atomic E-state index is 0.215. The van der Waals surface area contributed by atoms with Gasteiger partial charge in [0.05, 0.1) is 12.7 Å². The summed E-state index contributed by atoms with van der Waals surface area (Å²) >= 11 is 0. The highest BCUT2D eigenvalue weighted by molar-refractivity contribution is 5.50. The van der Waals surface area contributed by atoms with Gasteiger partial charge in [-0.3, -0.25) is 0 Å². The van der Waals surface area contributed by atoms with Crippen LogP contribution in [0.2, 0.25) is 0 Å². The average Bonchev–Trinajstić information content (AvgIpc) is 2.41. The fraction of sp³-hybridized carbons (Fsp3) is 0.647. The Labute approximate surface area is 123 Å². The number of anilines is 1. The molecule has 0 spiro atoms. The number of nitrogen functional groups attached to an aromatic ring is 1. The Morgan fingerprint density at radius 1 is 1.00 bits per heavy atom. The molecule has 1 aromatic rings. The summed E-state index contributed by atoms with van der Waals surface area (Å²) in [5, 5.41) is 0. The first kappa shape index (κ1) is 16.7. The van der Waals surface area contributed by atoms with E-state index in [-0.39, 0.29) is 6.10 Å². The Morgan fingerprint density at radius 3 is 2.45 bits per heavy atom. The van der Waals surface area contributed by atoms with Crippen LogP contribution in [0.5, 0.6) is 11.5 Å². The second kappa shape index (κ2) is 9.51. The predicted molar refractivity (Wildman–Crippen MR) is 85.5 cm³/mol. The van der Waals surface area contributed by atoms with Gasteiger partial charge in [-0.1, -0.05) is 33.1 Å². The van der Waals surface area contributed by atoms with Gasteiger partial charge in [-0.05, 0) is 26.2 Å². The summed E-state index contributed by atoms with van der Waals surface area (Å²) < 4.78 is 11.5. The topological polar surface area (TPSA) is 44.5 Å². The molecule has 0 aliphatic carbocycles. The van der Waals surface area contributed by atoms with Crippen molar-refractivity contribution in [3.8, 4) is 11.5 Å². The lowest BCUT2D eigenvalue weighted by atomic mass is 10.1. The van der Waals surface area contributed by atoms with Gasteiger partial charge in [0, 0.05) is 23.9 Å². The fourth-order valence-corrected chi connectivity index (χ4v) is 2.11. The minimum atomic E-state index is 0.215. The van der Waals surface area contributed by atoms with Crippen molar-refractivity contribution in [3.63, 3.8) is 0 Å². The molecule has 1 unspecified atom stereocenters. The summed E-state index contributed by atoms with van der Waals surface area (Å²) in [4.78, 5) is 0. The Kier molecular flexibility index (Phi) is 7.93. The molecule has 1 rings (SSSR count). The first-order chi connectivity index (χ1) is 9.65. The van der Waals surface area contributed by atoms with E-state index in [1.165, 1.54) is 25.7 Å². The first-order valence-electron chi connectivity index (χ1n) is 7.85. The van der Waals surface area contributed by atoms with E-state index in [1.807, 2.05) is 18.2 Å². The first-order valence-corrected chi connectivity index (χ1v) is 7.85. The molecule has 20 heavy (non-hydrogen) atoms. The maximum Gasteiger partial charge on any atom is 0.125 e. The lowest BCUT2D eigenvalue weighted by Gasteiger charge is -2.16. The van der Waals surface area contributed by atoms with Gasteiger partial charge in [-0.2, -0.15) is 0 Å². The van der Waals surface area contributed by atoms with Gasteiger partial charge < -0.3 is 15.2 Å². The van der Waals surface area contributed by atoms with Crippen LogP contribution in [0.25, 0.3) is 0 Å². The van der Waals surface area contributed by atoms with E-state index >= 15 is 0 Å². The van der Waals surface area contributed by atoms with Gasteiger partial charge in [0.1, 0.15) is 11.5 Å². The zero-order valence-corrected chi connectivity index (χ0v) is 13.2. The second-order valence-corrected chi connectivity index (χ2v) is 5.36. The third-order valence-electron chi connectivity index (χ3n) is 3.18. The molecule has 3 nitrogen and oxygen atoms in total. The summed E-state index contributed by atoms with van der Waals surface area (Å²) in [7, 11) is 0. The third-order valence-corrected chi connectivity index (χ3v) is 3.18. The molecule has 2 N–H and O–H groups in total. The molecule has 0 aliphatic heterocycles. The van der Waals surface area contributed by atoms with Crippen molar-refractivity contribution in [2.24, 2.45) is 0 Å². The highest BCUT2D eigenvalue weighted by Gasteiger charge is 2.06. The third kappa shape index (κ3) is 6.69. The van der Waals surface area contributed by atoms with Crippen LogP contribution in [-0.2, 0) is 0 Å². The van der Waals surface area contributed by atoms with Crippen LogP contribution in [0.3, 0.4) is 0 Å². The maximum absolute atomic E-state index is 5.94. The highest BCUT2D eigenvalue weighted by Crippen LogP contribution is 2.26. The van der Waals surface area contributed by atoms with E-state index in [2.05, 4.69) is 20.8 Å². The lowest BCUT2D eigenvalue weighted by molar-refractivity contribution is 0.205. The van der Waals surface area contributed by atoms with Gasteiger partial charge in [-0.15, -0.1) is 0 Å². The fourth-order valence-electron chi connectivity index (χ4n) is 2.11. The minimum Gasteiger partial charge on any atom is -0.493 e. The Bertz CT molecular complexity index is 379. The van der Waals surface area contributed by atoms with Crippen molar-refractivity contribution in [2.75, 3.05) is 12.3 Å². The molecule has 3 heteroatoms. The maximum atomic E-state index is 5.94. The number of hydrogen-bond donors (Lipinski definition) is 1. The lowest BCUT2D eigenvalue weighted by Crippen LogP contribution is -2.11. The van der Waals surface area contributed by atoms with Crippen molar-refractivity contribution in [3.05, 3.63) is 18.2 Å². The van der Waals surface area contributed by atoms with Crippen LogP contribution in [0.15, 0.2) is 18.2 Å². The smallest absolute Gasteiger partial charge is 0.125 e. The normalized spacial score (nSPS) is 12.2. The SMILES string of the molecule is CCCCCCC(C)Oc1cc(N)cc(OCCC)c1. The van der Waals surface area contributed by atoms with Crippen LogP contribution in [0, 0.1) is 0 Å². The van der Waals surface area contributed by atoms with E-state index in [4.69, 9.17) is 15.2 Å². The van der Waals surface area contributed by atoms with E-state index < -0.39 is 0 Å². The van der Waals surface area contributed by atoms with Crippen molar-refractivity contribution in [2.45, 2.75) is 65.4 Å². The Morgan fingerprint density at radius 2 is 1.75 bits per heavy atom. The molecule has 1 aromatic carbocycles. The molecule has 0 saturated heterocycles. The molecule has 0 fully saturated rings. The Hall–Kier alpha value is -1.38. The van der Waals surface area contributed by atoms with E-state index in [1.54, 1.807) is 0 Å². The standard InChI is InChI=1S/C17H29NO2/c1-4-6-7-8-9-14(3)20-17-12-15(18)11-16(13-17)19-10-5-2/h11-14H,4-10,18H2,1-3H3. The summed E-state index contributed by atoms with van der Waals surface area (Å²) in [6.07, 6.45) is 7.36. The van der Waals surface area contributed by atoms with Crippen molar-refractivity contribution < 1.29 is 9.47 Å². The number of rotatable bonds is 10. The molecule has 0 saturated carbocycles. The zero-order valence-electron chi connectivity index (χ0n) is 13.2.